The fourth-order valence-electron chi connectivity index (χ4n) is 2.16. The van der Waals surface area contributed by atoms with Gasteiger partial charge < -0.3 is 5.32 Å². The molecule has 2 rings (SSSR count). The van der Waals surface area contributed by atoms with Crippen LogP contribution in [0, 0.1) is 19.7 Å². The van der Waals surface area contributed by atoms with Gasteiger partial charge in [0.15, 0.2) is 0 Å². The Bertz CT molecular complexity index is 634. The van der Waals surface area contributed by atoms with E-state index in [0.29, 0.717) is 12.1 Å². The van der Waals surface area contributed by atoms with Gasteiger partial charge in [0.1, 0.15) is 5.82 Å². The molecular formula is C15H18FN3O. The van der Waals surface area contributed by atoms with Gasteiger partial charge in [0, 0.05) is 24.8 Å². The number of rotatable bonds is 4. The summed E-state index contributed by atoms with van der Waals surface area (Å²) in [6.07, 6.45) is 0.177. The topological polar surface area (TPSA) is 46.9 Å². The fourth-order valence-corrected chi connectivity index (χ4v) is 2.16. The summed E-state index contributed by atoms with van der Waals surface area (Å²) in [5.74, 6) is -0.451. The minimum atomic E-state index is -0.325. The van der Waals surface area contributed by atoms with Gasteiger partial charge in [-0.25, -0.2) is 4.39 Å². The van der Waals surface area contributed by atoms with Crippen molar-refractivity contribution in [3.8, 4) is 0 Å². The molecule has 1 amide bonds. The van der Waals surface area contributed by atoms with Crippen LogP contribution < -0.4 is 5.32 Å². The van der Waals surface area contributed by atoms with Crippen molar-refractivity contribution in [2.24, 2.45) is 7.05 Å². The highest BCUT2D eigenvalue weighted by molar-refractivity contribution is 5.78. The van der Waals surface area contributed by atoms with Crippen LogP contribution in [-0.4, -0.2) is 15.7 Å². The van der Waals surface area contributed by atoms with Crippen LogP contribution in [0.25, 0.3) is 0 Å². The summed E-state index contributed by atoms with van der Waals surface area (Å²) in [6.45, 7) is 4.33. The van der Waals surface area contributed by atoms with Gasteiger partial charge in [0.25, 0.3) is 0 Å². The predicted molar refractivity (Wildman–Crippen MR) is 74.6 cm³/mol. The molecule has 0 radical (unpaired) electrons. The quantitative estimate of drug-likeness (QED) is 0.928. The number of carbonyl (C=O) groups is 1. The number of aromatic nitrogens is 2. The van der Waals surface area contributed by atoms with Crippen LogP contribution in [0.15, 0.2) is 24.3 Å². The van der Waals surface area contributed by atoms with Crippen molar-refractivity contribution in [2.75, 3.05) is 0 Å². The molecule has 0 atom stereocenters. The predicted octanol–water partition coefficient (Wildman–Crippen LogP) is 2.03. The number of halogens is 1. The number of hydrogen-bond donors (Lipinski definition) is 1. The molecule has 0 unspecified atom stereocenters. The van der Waals surface area contributed by atoms with Crippen LogP contribution in [0.2, 0.25) is 0 Å². The lowest BCUT2D eigenvalue weighted by Crippen LogP contribution is -2.25. The van der Waals surface area contributed by atoms with Gasteiger partial charge in [0.2, 0.25) is 5.91 Å². The Morgan fingerprint density at radius 3 is 2.75 bits per heavy atom. The molecule has 1 aromatic carbocycles. The normalized spacial score (nSPS) is 10.6. The zero-order chi connectivity index (χ0) is 14.7. The van der Waals surface area contributed by atoms with E-state index in [2.05, 4.69) is 10.4 Å². The first-order valence-electron chi connectivity index (χ1n) is 6.47. The number of benzene rings is 1. The molecular weight excluding hydrogens is 257 g/mol. The van der Waals surface area contributed by atoms with Crippen molar-refractivity contribution in [3.63, 3.8) is 0 Å². The summed E-state index contributed by atoms with van der Waals surface area (Å²) in [5.41, 5.74) is 3.65. The molecule has 0 saturated carbocycles. The highest BCUT2D eigenvalue weighted by Crippen LogP contribution is 2.11. The summed E-state index contributed by atoms with van der Waals surface area (Å²) < 4.78 is 14.8. The van der Waals surface area contributed by atoms with E-state index in [1.165, 1.54) is 12.1 Å². The van der Waals surface area contributed by atoms with Gasteiger partial charge in [-0.1, -0.05) is 12.1 Å². The van der Waals surface area contributed by atoms with Crippen molar-refractivity contribution < 1.29 is 9.18 Å². The zero-order valence-corrected chi connectivity index (χ0v) is 11.9. The van der Waals surface area contributed by atoms with Gasteiger partial charge in [-0.2, -0.15) is 5.10 Å². The first kappa shape index (κ1) is 14.2. The van der Waals surface area contributed by atoms with Crippen molar-refractivity contribution in [2.45, 2.75) is 26.8 Å². The van der Waals surface area contributed by atoms with E-state index in [0.717, 1.165) is 17.0 Å². The summed E-state index contributed by atoms with van der Waals surface area (Å²) >= 11 is 0. The van der Waals surface area contributed by atoms with Crippen molar-refractivity contribution in [3.05, 3.63) is 52.6 Å². The number of nitrogens with zero attached hydrogens (tertiary/aromatic N) is 2. The maximum absolute atomic E-state index is 13.0. The van der Waals surface area contributed by atoms with Crippen molar-refractivity contribution in [1.82, 2.24) is 15.1 Å². The third-order valence-electron chi connectivity index (χ3n) is 3.37. The molecule has 5 heteroatoms. The lowest BCUT2D eigenvalue weighted by molar-refractivity contribution is -0.120. The van der Waals surface area contributed by atoms with E-state index < -0.39 is 0 Å². The fraction of sp³-hybridized carbons (Fsp3) is 0.333. The Morgan fingerprint density at radius 2 is 2.15 bits per heavy atom. The minimum absolute atomic E-state index is 0.127. The first-order valence-corrected chi connectivity index (χ1v) is 6.47. The van der Waals surface area contributed by atoms with Gasteiger partial charge in [-0.3, -0.25) is 9.48 Å². The van der Waals surface area contributed by atoms with Crippen LogP contribution in [0.4, 0.5) is 4.39 Å². The summed E-state index contributed by atoms with van der Waals surface area (Å²) in [5, 5.41) is 7.15. The molecule has 0 aliphatic carbocycles. The second-order valence-electron chi connectivity index (χ2n) is 4.86. The van der Waals surface area contributed by atoms with Gasteiger partial charge >= 0.3 is 0 Å². The second kappa shape index (κ2) is 5.86. The number of carbonyl (C=O) groups excluding carboxylic acids is 1. The lowest BCUT2D eigenvalue weighted by atomic mass is 10.1. The Morgan fingerprint density at radius 1 is 1.40 bits per heavy atom. The standard InChI is InChI=1S/C15H18FN3O/c1-10-14(11(2)19(3)18-10)9-17-15(20)8-12-5-4-6-13(16)7-12/h4-7H,8-9H2,1-3H3,(H,17,20). The molecule has 1 heterocycles. The minimum Gasteiger partial charge on any atom is -0.352 e. The molecule has 0 bridgehead atoms. The molecule has 2 aromatic rings. The third-order valence-corrected chi connectivity index (χ3v) is 3.37. The van der Waals surface area contributed by atoms with Crippen LogP contribution in [0.1, 0.15) is 22.5 Å². The van der Waals surface area contributed by atoms with Gasteiger partial charge in [0.05, 0.1) is 12.1 Å². The SMILES string of the molecule is Cc1nn(C)c(C)c1CNC(=O)Cc1cccc(F)c1. The Labute approximate surface area is 117 Å². The Balaban J connectivity index is 1.96. The van der Waals surface area contributed by atoms with E-state index in [1.54, 1.807) is 16.8 Å². The highest BCUT2D eigenvalue weighted by atomic mass is 19.1. The van der Waals surface area contributed by atoms with Crippen LogP contribution in [0.5, 0.6) is 0 Å². The molecule has 0 spiro atoms. The van der Waals surface area contributed by atoms with Gasteiger partial charge in [-0.15, -0.1) is 0 Å². The lowest BCUT2D eigenvalue weighted by Gasteiger charge is -2.06. The summed E-state index contributed by atoms with van der Waals surface area (Å²) in [4.78, 5) is 11.9. The van der Waals surface area contributed by atoms with E-state index in [-0.39, 0.29) is 18.1 Å². The molecule has 4 nitrogen and oxygen atoms in total. The molecule has 0 aliphatic heterocycles. The van der Waals surface area contributed by atoms with E-state index in [4.69, 9.17) is 0 Å². The maximum Gasteiger partial charge on any atom is 0.224 e. The molecule has 0 aliphatic rings. The molecule has 1 N–H and O–H groups in total. The Hall–Kier alpha value is -2.17. The monoisotopic (exact) mass is 275 g/mol. The van der Waals surface area contributed by atoms with Gasteiger partial charge in [-0.05, 0) is 31.5 Å². The third kappa shape index (κ3) is 3.23. The van der Waals surface area contributed by atoms with Crippen molar-refractivity contribution in [1.29, 1.82) is 0 Å². The number of amides is 1. The van der Waals surface area contributed by atoms with E-state index >= 15 is 0 Å². The summed E-state index contributed by atoms with van der Waals surface area (Å²) in [6, 6.07) is 6.08. The van der Waals surface area contributed by atoms with Crippen molar-refractivity contribution >= 4 is 5.91 Å². The maximum atomic E-state index is 13.0. The smallest absolute Gasteiger partial charge is 0.224 e. The average molecular weight is 275 g/mol. The van der Waals surface area contributed by atoms with E-state index in [9.17, 15) is 9.18 Å². The summed E-state index contributed by atoms with van der Waals surface area (Å²) in [7, 11) is 1.88. The number of aryl methyl sites for hydroxylation is 2. The largest absolute Gasteiger partial charge is 0.352 e. The number of hydrogen-bond acceptors (Lipinski definition) is 2. The highest BCUT2D eigenvalue weighted by Gasteiger charge is 2.11. The van der Waals surface area contributed by atoms with Crippen LogP contribution >= 0.6 is 0 Å². The molecule has 106 valence electrons. The van der Waals surface area contributed by atoms with Crippen LogP contribution in [-0.2, 0) is 24.8 Å². The molecule has 0 fully saturated rings. The molecule has 0 saturated heterocycles. The Kier molecular flexibility index (Phi) is 4.17. The molecule has 20 heavy (non-hydrogen) atoms. The number of nitrogens with one attached hydrogen (secondary N) is 1. The first-order chi connectivity index (χ1) is 9.47. The van der Waals surface area contributed by atoms with E-state index in [1.807, 2.05) is 20.9 Å². The zero-order valence-electron chi connectivity index (χ0n) is 11.9. The molecule has 1 aromatic heterocycles. The second-order valence-corrected chi connectivity index (χ2v) is 4.86. The average Bonchev–Trinajstić information content (AvgIpc) is 2.61. The van der Waals surface area contributed by atoms with Crippen LogP contribution in [0.3, 0.4) is 0 Å².